The molecular weight excluding hydrogens is 168 g/mol. The normalized spacial score (nSPS) is 22.4. The van der Waals surface area contributed by atoms with Crippen molar-refractivity contribution in [3.05, 3.63) is 17.5 Å². The maximum atomic E-state index is 5.61. The second-order valence-corrected chi connectivity index (χ2v) is 3.36. The predicted octanol–water partition coefficient (Wildman–Crippen LogP) is 0.862. The predicted molar refractivity (Wildman–Crippen MR) is 47.3 cm³/mol. The van der Waals surface area contributed by atoms with Crippen LogP contribution < -0.4 is 5.32 Å². The molecule has 1 aromatic rings. The first kappa shape index (κ1) is 8.72. The highest BCUT2D eigenvalue weighted by Gasteiger charge is 2.15. The third-order valence-electron chi connectivity index (χ3n) is 2.15. The molecule has 2 heterocycles. The minimum Gasteiger partial charge on any atom is -0.369 e. The zero-order valence-corrected chi connectivity index (χ0v) is 7.75. The molecule has 1 fully saturated rings. The molecule has 1 aromatic heterocycles. The molecule has 0 aliphatic carbocycles. The van der Waals surface area contributed by atoms with Gasteiger partial charge in [-0.3, -0.25) is 0 Å². The number of aromatic nitrogens is 1. The van der Waals surface area contributed by atoms with E-state index in [1.807, 2.05) is 13.0 Å². The Bertz CT molecular complexity index is 266. The third-order valence-corrected chi connectivity index (χ3v) is 2.15. The maximum absolute atomic E-state index is 5.61. The van der Waals surface area contributed by atoms with Crippen LogP contribution in [0.1, 0.15) is 17.9 Å². The Labute approximate surface area is 77.2 Å². The summed E-state index contributed by atoms with van der Waals surface area (Å²) < 4.78 is 10.6. The number of ether oxygens (including phenoxy) is 1. The van der Waals surface area contributed by atoms with Gasteiger partial charge in [-0.1, -0.05) is 5.16 Å². The van der Waals surface area contributed by atoms with Crippen LogP contribution in [0.4, 0.5) is 0 Å². The molecule has 0 aromatic carbocycles. The summed E-state index contributed by atoms with van der Waals surface area (Å²) in [5.41, 5.74) is 0.906. The molecule has 0 saturated carbocycles. The first-order valence-corrected chi connectivity index (χ1v) is 4.59. The lowest BCUT2D eigenvalue weighted by molar-refractivity contribution is 0.0408. The summed E-state index contributed by atoms with van der Waals surface area (Å²) in [5, 5.41) is 7.03. The van der Waals surface area contributed by atoms with Crippen molar-refractivity contribution in [3.8, 4) is 0 Å². The van der Waals surface area contributed by atoms with E-state index < -0.39 is 0 Å². The number of rotatable bonds is 3. The van der Waals surface area contributed by atoms with E-state index in [0.29, 0.717) is 12.7 Å². The molecule has 1 N–H and O–H groups in total. The van der Waals surface area contributed by atoms with E-state index in [1.165, 1.54) is 0 Å². The Morgan fingerprint density at radius 2 is 2.69 bits per heavy atom. The van der Waals surface area contributed by atoms with Gasteiger partial charge >= 0.3 is 0 Å². The minimum absolute atomic E-state index is 0.338. The summed E-state index contributed by atoms with van der Waals surface area (Å²) in [6, 6.07) is 1.91. The van der Waals surface area contributed by atoms with Crippen LogP contribution in [0.25, 0.3) is 0 Å². The van der Waals surface area contributed by atoms with E-state index in [-0.39, 0.29) is 0 Å². The van der Waals surface area contributed by atoms with Crippen molar-refractivity contribution in [2.75, 3.05) is 13.1 Å². The summed E-state index contributed by atoms with van der Waals surface area (Å²) in [5.74, 6) is 0.810. The molecule has 4 nitrogen and oxygen atoms in total. The average molecular weight is 182 g/mol. The Morgan fingerprint density at radius 3 is 3.31 bits per heavy atom. The quantitative estimate of drug-likeness (QED) is 0.753. The van der Waals surface area contributed by atoms with Crippen LogP contribution in [0, 0.1) is 6.92 Å². The molecule has 72 valence electrons. The Morgan fingerprint density at radius 1 is 1.77 bits per heavy atom. The van der Waals surface area contributed by atoms with Gasteiger partial charge in [-0.05, 0) is 19.9 Å². The number of hydrogen-bond acceptors (Lipinski definition) is 4. The Balaban J connectivity index is 1.78. The monoisotopic (exact) mass is 182 g/mol. The van der Waals surface area contributed by atoms with Crippen molar-refractivity contribution in [1.82, 2.24) is 10.5 Å². The molecule has 0 radical (unpaired) electrons. The molecule has 1 unspecified atom stereocenters. The fourth-order valence-electron chi connectivity index (χ4n) is 1.45. The first-order chi connectivity index (χ1) is 6.34. The van der Waals surface area contributed by atoms with Crippen molar-refractivity contribution < 1.29 is 9.26 Å². The molecule has 1 aliphatic heterocycles. The zero-order chi connectivity index (χ0) is 9.10. The second kappa shape index (κ2) is 3.89. The summed E-state index contributed by atoms with van der Waals surface area (Å²) in [7, 11) is 0. The number of aryl methyl sites for hydroxylation is 1. The van der Waals surface area contributed by atoms with Crippen LogP contribution in [0.2, 0.25) is 0 Å². The highest BCUT2D eigenvalue weighted by Crippen LogP contribution is 2.09. The average Bonchev–Trinajstić information content (AvgIpc) is 2.71. The molecule has 13 heavy (non-hydrogen) atoms. The van der Waals surface area contributed by atoms with E-state index in [0.717, 1.165) is 31.0 Å². The van der Waals surface area contributed by atoms with Gasteiger partial charge in [0.05, 0.1) is 11.8 Å². The second-order valence-electron chi connectivity index (χ2n) is 3.36. The smallest absolute Gasteiger partial charge is 0.162 e. The fraction of sp³-hybridized carbons (Fsp3) is 0.667. The van der Waals surface area contributed by atoms with Crippen LogP contribution in [0.15, 0.2) is 10.6 Å². The van der Waals surface area contributed by atoms with E-state index in [9.17, 15) is 0 Å². The van der Waals surface area contributed by atoms with Crippen LogP contribution in [-0.2, 0) is 11.3 Å². The van der Waals surface area contributed by atoms with Gasteiger partial charge in [0.2, 0.25) is 0 Å². The highest BCUT2D eigenvalue weighted by atomic mass is 16.5. The Hall–Kier alpha value is -0.870. The van der Waals surface area contributed by atoms with Gasteiger partial charge in [0.15, 0.2) is 5.76 Å². The van der Waals surface area contributed by atoms with Crippen molar-refractivity contribution in [3.63, 3.8) is 0 Å². The fourth-order valence-corrected chi connectivity index (χ4v) is 1.45. The molecular formula is C9H14N2O2. The highest BCUT2D eigenvalue weighted by molar-refractivity contribution is 5.01. The van der Waals surface area contributed by atoms with Gasteiger partial charge in [0, 0.05) is 12.6 Å². The summed E-state index contributed by atoms with van der Waals surface area (Å²) in [6.45, 7) is 4.45. The van der Waals surface area contributed by atoms with Gasteiger partial charge in [-0.2, -0.15) is 0 Å². The van der Waals surface area contributed by atoms with E-state index in [4.69, 9.17) is 9.26 Å². The molecule has 2 rings (SSSR count). The lowest BCUT2D eigenvalue weighted by Gasteiger charge is -2.07. The number of nitrogens with zero attached hydrogens (tertiary/aromatic N) is 1. The SMILES string of the molecule is Cc1cc(COC2CCNC2)on1. The van der Waals surface area contributed by atoms with Crippen LogP contribution >= 0.6 is 0 Å². The molecule has 1 atom stereocenters. The molecule has 0 bridgehead atoms. The maximum Gasteiger partial charge on any atom is 0.162 e. The van der Waals surface area contributed by atoms with Crippen molar-refractivity contribution in [2.24, 2.45) is 0 Å². The summed E-state index contributed by atoms with van der Waals surface area (Å²) >= 11 is 0. The Kier molecular flexibility index (Phi) is 2.61. The van der Waals surface area contributed by atoms with Gasteiger partial charge in [-0.15, -0.1) is 0 Å². The molecule has 0 spiro atoms. The van der Waals surface area contributed by atoms with Crippen molar-refractivity contribution >= 4 is 0 Å². The van der Waals surface area contributed by atoms with E-state index in [1.54, 1.807) is 0 Å². The van der Waals surface area contributed by atoms with Crippen LogP contribution in [-0.4, -0.2) is 24.4 Å². The van der Waals surface area contributed by atoms with Gasteiger partial charge in [0.1, 0.15) is 6.61 Å². The third kappa shape index (κ3) is 2.29. The van der Waals surface area contributed by atoms with Crippen LogP contribution in [0.5, 0.6) is 0 Å². The lowest BCUT2D eigenvalue weighted by atomic mass is 10.3. The molecule has 4 heteroatoms. The number of nitrogens with one attached hydrogen (secondary N) is 1. The van der Waals surface area contributed by atoms with Gasteiger partial charge in [-0.25, -0.2) is 0 Å². The summed E-state index contributed by atoms with van der Waals surface area (Å²) in [4.78, 5) is 0. The molecule has 1 aliphatic rings. The van der Waals surface area contributed by atoms with Crippen LogP contribution in [0.3, 0.4) is 0 Å². The van der Waals surface area contributed by atoms with Crippen molar-refractivity contribution in [2.45, 2.75) is 26.1 Å². The minimum atomic E-state index is 0.338. The van der Waals surface area contributed by atoms with E-state index in [2.05, 4.69) is 10.5 Å². The largest absolute Gasteiger partial charge is 0.369 e. The lowest BCUT2D eigenvalue weighted by Crippen LogP contribution is -2.16. The molecule has 0 amide bonds. The van der Waals surface area contributed by atoms with E-state index >= 15 is 0 Å². The van der Waals surface area contributed by atoms with Gasteiger partial charge < -0.3 is 14.6 Å². The zero-order valence-electron chi connectivity index (χ0n) is 7.75. The standard InChI is InChI=1S/C9H14N2O2/c1-7-4-9(13-11-7)6-12-8-2-3-10-5-8/h4,8,10H,2-3,5-6H2,1H3. The summed E-state index contributed by atoms with van der Waals surface area (Å²) in [6.07, 6.45) is 1.43. The number of hydrogen-bond donors (Lipinski definition) is 1. The van der Waals surface area contributed by atoms with Crippen molar-refractivity contribution in [1.29, 1.82) is 0 Å². The molecule has 1 saturated heterocycles. The van der Waals surface area contributed by atoms with Gasteiger partial charge in [0.25, 0.3) is 0 Å². The first-order valence-electron chi connectivity index (χ1n) is 4.59. The topological polar surface area (TPSA) is 47.3 Å².